The molecule has 0 aromatic heterocycles. The minimum absolute atomic E-state index is 0.0194. The van der Waals surface area contributed by atoms with Gasteiger partial charge >= 0.3 is 5.97 Å². The van der Waals surface area contributed by atoms with Gasteiger partial charge in [0.1, 0.15) is 17.7 Å². The summed E-state index contributed by atoms with van der Waals surface area (Å²) in [6, 6.07) is -1.33. The number of carbonyl (C=O) groups excluding carboxylic acids is 3. The van der Waals surface area contributed by atoms with E-state index in [1.54, 1.807) is 14.2 Å². The van der Waals surface area contributed by atoms with Crippen LogP contribution < -0.4 is 5.32 Å². The van der Waals surface area contributed by atoms with Gasteiger partial charge in [-0.2, -0.15) is 0 Å². The summed E-state index contributed by atoms with van der Waals surface area (Å²) < 4.78 is 18.9. The summed E-state index contributed by atoms with van der Waals surface area (Å²) in [6.07, 6.45) is 24.0. The van der Waals surface area contributed by atoms with Gasteiger partial charge in [0.25, 0.3) is 0 Å². The number of methoxy groups -OCH3 is 2. The molecule has 6 saturated carbocycles. The second-order valence-electron chi connectivity index (χ2n) is 23.0. The molecule has 0 aromatic rings. The maximum Gasteiger partial charge on any atom is 0.324 e. The van der Waals surface area contributed by atoms with Gasteiger partial charge in [-0.25, -0.2) is 0 Å². The smallest absolute Gasteiger partial charge is 0.324 e. The van der Waals surface area contributed by atoms with E-state index in [0.29, 0.717) is 57.0 Å². The van der Waals surface area contributed by atoms with Crippen LogP contribution in [0.1, 0.15) is 167 Å². The summed E-state index contributed by atoms with van der Waals surface area (Å²) in [5, 5.41) is 26.4. The van der Waals surface area contributed by atoms with E-state index in [1.165, 1.54) is 12.8 Å². The number of nitrogens with zero attached hydrogens (tertiary/aromatic N) is 2. The Morgan fingerprint density at radius 1 is 0.734 bits per heavy atom. The number of cyclic esters (lactones) is 1. The lowest BCUT2D eigenvalue weighted by Gasteiger charge is -2.54. The molecule has 10 aliphatic rings. The summed E-state index contributed by atoms with van der Waals surface area (Å²) in [7, 11) is 3.53. The molecule has 0 aromatic carbocycles. The normalized spacial score (nSPS) is 44.4. The number of rotatable bonds is 6. The van der Waals surface area contributed by atoms with Gasteiger partial charge in [-0.05, 0) is 151 Å². The average molecular weight is 888 g/mol. The fraction of sp³-hybridized carbons (Fsp3) is 0.906. The summed E-state index contributed by atoms with van der Waals surface area (Å²) in [6.45, 7) is 1.19. The van der Waals surface area contributed by atoms with Crippen molar-refractivity contribution in [2.45, 2.75) is 221 Å². The lowest BCUT2D eigenvalue weighted by atomic mass is 9.55. The predicted molar refractivity (Wildman–Crippen MR) is 242 cm³/mol. The monoisotopic (exact) mass is 888 g/mol. The van der Waals surface area contributed by atoms with Gasteiger partial charge in [0.2, 0.25) is 11.8 Å². The van der Waals surface area contributed by atoms with Crippen molar-refractivity contribution in [2.75, 3.05) is 27.3 Å². The van der Waals surface area contributed by atoms with Crippen molar-refractivity contribution in [3.8, 4) is 11.8 Å². The number of morpholine rings is 1. The van der Waals surface area contributed by atoms with Gasteiger partial charge < -0.3 is 34.6 Å². The first kappa shape index (κ1) is 45.5. The van der Waals surface area contributed by atoms with E-state index in [0.717, 1.165) is 122 Å². The molecule has 1 spiro atoms. The van der Waals surface area contributed by atoms with Crippen LogP contribution in [0.4, 0.5) is 0 Å². The van der Waals surface area contributed by atoms with Crippen LogP contribution >= 0.6 is 0 Å². The molecule has 10 fully saturated rings. The highest BCUT2D eigenvalue weighted by Gasteiger charge is 2.78. The third-order valence-corrected chi connectivity index (χ3v) is 19.7. The molecular formula is C53H81N3O8. The second-order valence-corrected chi connectivity index (χ2v) is 23.0. The molecule has 4 aliphatic heterocycles. The molecule has 6 aliphatic carbocycles. The average Bonchev–Trinajstić information content (AvgIpc) is 3.69. The lowest BCUT2D eigenvalue weighted by molar-refractivity contribution is -0.191. The van der Waals surface area contributed by atoms with Crippen LogP contribution in [0.5, 0.6) is 0 Å². The number of carbonyl (C=O) groups is 3. The molecule has 2 amide bonds. The molecule has 3 N–H and O–H groups in total. The van der Waals surface area contributed by atoms with Gasteiger partial charge in [0.05, 0.1) is 35.7 Å². The van der Waals surface area contributed by atoms with Crippen LogP contribution in [0, 0.1) is 64.6 Å². The SMILES string of the molecule is COC1CC2CCN(C(=O)[C@@H]3[C@H]4C(=O)O[C@H](C5CCCCC5)[C@H](C5CCCCC5)N4[C@H](C4CCC(O)CC4)[C@@]34C(=O)NC3CCC(C#CC5(O)CCCCCC5)CC34)CC2CC1OC. The van der Waals surface area contributed by atoms with Gasteiger partial charge in [0, 0.05) is 45.3 Å². The summed E-state index contributed by atoms with van der Waals surface area (Å²) in [5.74, 6) is 6.91. The zero-order valence-electron chi connectivity index (χ0n) is 39.3. The molecular weight excluding hydrogens is 807 g/mol. The number of hydrogen-bond acceptors (Lipinski definition) is 9. The molecule has 4 heterocycles. The number of amides is 2. The number of piperidine rings is 1. The largest absolute Gasteiger partial charge is 0.459 e. The first-order valence-corrected chi connectivity index (χ1v) is 26.7. The molecule has 64 heavy (non-hydrogen) atoms. The van der Waals surface area contributed by atoms with Crippen molar-refractivity contribution < 1.29 is 38.8 Å². The van der Waals surface area contributed by atoms with Crippen LogP contribution in [-0.2, 0) is 28.6 Å². The van der Waals surface area contributed by atoms with Gasteiger partial charge in [-0.3, -0.25) is 19.3 Å². The highest BCUT2D eigenvalue weighted by atomic mass is 16.6. The highest BCUT2D eigenvalue weighted by Crippen LogP contribution is 2.64. The highest BCUT2D eigenvalue weighted by molar-refractivity contribution is 5.99. The second kappa shape index (κ2) is 19.0. The molecule has 11 heteroatoms. The summed E-state index contributed by atoms with van der Waals surface area (Å²) in [4.78, 5) is 52.5. The van der Waals surface area contributed by atoms with E-state index < -0.39 is 23.0 Å². The first-order valence-electron chi connectivity index (χ1n) is 26.7. The van der Waals surface area contributed by atoms with Crippen LogP contribution in [0.2, 0.25) is 0 Å². The third-order valence-electron chi connectivity index (χ3n) is 19.7. The minimum atomic E-state index is -1.16. The Labute approximate surface area is 383 Å². The van der Waals surface area contributed by atoms with Crippen LogP contribution in [-0.4, -0.2) is 119 Å². The Hall–Kier alpha value is -2.23. The molecule has 10 rings (SSSR count). The minimum Gasteiger partial charge on any atom is -0.459 e. The van der Waals surface area contributed by atoms with Crippen molar-refractivity contribution in [3.05, 3.63) is 0 Å². The standard InChI is InChI=1S/C53H81N3O8/c1-62-42-30-37-24-28-55(32-38(37)31-43(42)63-2)49(58)44-46-50(59)64-47(35-15-9-6-10-16-35)45(34-13-7-5-8-14-34)56(46)48(36-18-20-39(57)21-19-36)53(44)40-29-33(17-22-41(40)54-51(53)60)23-27-52(61)25-11-3-4-12-26-52/h33-48,57,61H,3-22,24-26,28-32H2,1-2H3,(H,54,60)/t33?,36?,37?,38?,39?,40?,41?,42?,43?,44-,45-,46-,47+,48+,53-/m0/s1. The molecule has 0 radical (unpaired) electrons. The number of nitrogens with one attached hydrogen (secondary N) is 1. The van der Waals surface area contributed by atoms with Gasteiger partial charge in [0.15, 0.2) is 0 Å². The first-order chi connectivity index (χ1) is 31.1. The number of fused-ring (bicyclic) bond motifs is 4. The van der Waals surface area contributed by atoms with E-state index in [9.17, 15) is 10.2 Å². The quantitative estimate of drug-likeness (QED) is 0.147. The summed E-state index contributed by atoms with van der Waals surface area (Å²) in [5.41, 5.74) is -2.14. The Morgan fingerprint density at radius 3 is 2.05 bits per heavy atom. The van der Waals surface area contributed by atoms with E-state index >= 15 is 14.4 Å². The molecule has 356 valence electrons. The van der Waals surface area contributed by atoms with Crippen molar-refractivity contribution in [2.24, 2.45) is 52.8 Å². The number of ether oxygens (including phenoxy) is 3. The van der Waals surface area contributed by atoms with Crippen molar-refractivity contribution >= 4 is 17.8 Å². The van der Waals surface area contributed by atoms with Crippen molar-refractivity contribution in [1.82, 2.24) is 15.1 Å². The fourth-order valence-electron chi connectivity index (χ4n) is 16.6. The zero-order chi connectivity index (χ0) is 44.2. The maximum absolute atomic E-state index is 16.3. The Balaban J connectivity index is 1.10. The molecule has 13 atom stereocenters. The van der Waals surface area contributed by atoms with Gasteiger partial charge in [-0.15, -0.1) is 0 Å². The number of likely N-dealkylation sites (tertiary alicyclic amines) is 1. The van der Waals surface area contributed by atoms with E-state index in [-0.39, 0.29) is 89.9 Å². The molecule has 7 unspecified atom stereocenters. The number of hydrogen-bond donors (Lipinski definition) is 3. The maximum atomic E-state index is 16.3. The third kappa shape index (κ3) is 8.19. The Bertz CT molecular complexity index is 1740. The Morgan fingerprint density at radius 2 is 1.38 bits per heavy atom. The molecule has 11 nitrogen and oxygen atoms in total. The van der Waals surface area contributed by atoms with Gasteiger partial charge in [-0.1, -0.05) is 63.2 Å². The van der Waals surface area contributed by atoms with Crippen LogP contribution in [0.25, 0.3) is 0 Å². The van der Waals surface area contributed by atoms with Crippen LogP contribution in [0.3, 0.4) is 0 Å². The van der Waals surface area contributed by atoms with E-state index in [1.807, 2.05) is 0 Å². The molecule has 4 saturated heterocycles. The summed E-state index contributed by atoms with van der Waals surface area (Å²) >= 11 is 0. The topological polar surface area (TPSA) is 138 Å². The number of aliphatic hydroxyl groups is 2. The predicted octanol–water partition coefficient (Wildman–Crippen LogP) is 6.94. The van der Waals surface area contributed by atoms with Crippen LogP contribution in [0.15, 0.2) is 0 Å². The van der Waals surface area contributed by atoms with Crippen molar-refractivity contribution in [1.29, 1.82) is 0 Å². The Kier molecular flexibility index (Phi) is 13.6. The van der Waals surface area contributed by atoms with Crippen molar-refractivity contribution in [3.63, 3.8) is 0 Å². The zero-order valence-corrected chi connectivity index (χ0v) is 39.3. The fourth-order valence-corrected chi connectivity index (χ4v) is 16.6. The van der Waals surface area contributed by atoms with E-state index in [4.69, 9.17) is 14.2 Å². The number of aliphatic hydroxyl groups excluding tert-OH is 1. The molecule has 0 bridgehead atoms. The number of esters is 1. The van der Waals surface area contributed by atoms with E-state index in [2.05, 4.69) is 27.0 Å². The lowest BCUT2D eigenvalue weighted by Crippen LogP contribution is -2.66.